The first kappa shape index (κ1) is 14.4. The van der Waals surface area contributed by atoms with Gasteiger partial charge in [0.05, 0.1) is 5.56 Å². The van der Waals surface area contributed by atoms with Gasteiger partial charge in [0.1, 0.15) is 12.4 Å². The Morgan fingerprint density at radius 1 is 1.10 bits per heavy atom. The molecule has 0 aromatic heterocycles. The highest BCUT2D eigenvalue weighted by Crippen LogP contribution is 2.21. The SMILES string of the molecule is NC(=O)c1ccc(COc2ccc(C(=O)O)c(N)c2)cc1. The molecule has 0 bridgehead atoms. The zero-order valence-corrected chi connectivity index (χ0v) is 11.1. The average molecular weight is 286 g/mol. The van der Waals surface area contributed by atoms with Gasteiger partial charge >= 0.3 is 5.97 Å². The van der Waals surface area contributed by atoms with Gasteiger partial charge in [0, 0.05) is 17.3 Å². The molecule has 0 aliphatic heterocycles. The minimum atomic E-state index is -1.08. The van der Waals surface area contributed by atoms with Crippen molar-refractivity contribution in [2.75, 3.05) is 5.73 Å². The fourth-order valence-corrected chi connectivity index (χ4v) is 1.76. The molecule has 6 nitrogen and oxygen atoms in total. The normalized spacial score (nSPS) is 10.1. The van der Waals surface area contributed by atoms with E-state index in [1.165, 1.54) is 18.2 Å². The third-order valence-corrected chi connectivity index (χ3v) is 2.90. The molecule has 2 aromatic rings. The Hall–Kier alpha value is -3.02. The molecular weight excluding hydrogens is 272 g/mol. The van der Waals surface area contributed by atoms with Crippen molar-refractivity contribution in [3.8, 4) is 5.75 Å². The van der Waals surface area contributed by atoms with E-state index >= 15 is 0 Å². The molecule has 6 heteroatoms. The summed E-state index contributed by atoms with van der Waals surface area (Å²) in [4.78, 5) is 21.8. The van der Waals surface area contributed by atoms with Crippen LogP contribution in [0.1, 0.15) is 26.3 Å². The Morgan fingerprint density at radius 2 is 1.76 bits per heavy atom. The van der Waals surface area contributed by atoms with Crippen molar-refractivity contribution in [3.63, 3.8) is 0 Å². The second kappa shape index (κ2) is 5.96. The van der Waals surface area contributed by atoms with Gasteiger partial charge in [-0.3, -0.25) is 4.79 Å². The highest BCUT2D eigenvalue weighted by atomic mass is 16.5. The number of benzene rings is 2. The topological polar surface area (TPSA) is 116 Å². The van der Waals surface area contributed by atoms with Gasteiger partial charge in [0.2, 0.25) is 5.91 Å². The van der Waals surface area contributed by atoms with Crippen molar-refractivity contribution in [1.82, 2.24) is 0 Å². The molecular formula is C15H14N2O4. The van der Waals surface area contributed by atoms with Crippen molar-refractivity contribution in [3.05, 3.63) is 59.2 Å². The van der Waals surface area contributed by atoms with Crippen LogP contribution in [-0.2, 0) is 6.61 Å². The Kier molecular flexibility index (Phi) is 4.08. The summed E-state index contributed by atoms with van der Waals surface area (Å²) in [7, 11) is 0. The number of carbonyl (C=O) groups is 2. The molecule has 21 heavy (non-hydrogen) atoms. The minimum Gasteiger partial charge on any atom is -0.489 e. The predicted octanol–water partition coefficient (Wildman–Crippen LogP) is 1.64. The summed E-state index contributed by atoms with van der Waals surface area (Å²) in [6, 6.07) is 11.1. The molecule has 0 aliphatic carbocycles. The van der Waals surface area contributed by atoms with Gasteiger partial charge in [0.25, 0.3) is 0 Å². The Labute approximate surface area is 120 Å². The lowest BCUT2D eigenvalue weighted by Gasteiger charge is -2.08. The van der Waals surface area contributed by atoms with Gasteiger partial charge in [-0.1, -0.05) is 12.1 Å². The Morgan fingerprint density at radius 3 is 2.29 bits per heavy atom. The summed E-state index contributed by atoms with van der Waals surface area (Å²) in [6.07, 6.45) is 0. The molecule has 0 fully saturated rings. The second-order valence-electron chi connectivity index (χ2n) is 4.40. The highest BCUT2D eigenvalue weighted by Gasteiger charge is 2.08. The molecule has 0 unspecified atom stereocenters. The van der Waals surface area contributed by atoms with Crippen LogP contribution in [0.25, 0.3) is 0 Å². The van der Waals surface area contributed by atoms with Gasteiger partial charge in [-0.25, -0.2) is 4.79 Å². The van der Waals surface area contributed by atoms with Crippen LogP contribution >= 0.6 is 0 Å². The average Bonchev–Trinajstić information content (AvgIpc) is 2.45. The number of carbonyl (C=O) groups excluding carboxylic acids is 1. The van der Waals surface area contributed by atoms with Crippen LogP contribution in [0.5, 0.6) is 5.75 Å². The number of aromatic carboxylic acids is 1. The summed E-state index contributed by atoms with van der Waals surface area (Å²) in [5, 5.41) is 8.88. The maximum absolute atomic E-state index is 10.9. The van der Waals surface area contributed by atoms with E-state index < -0.39 is 11.9 Å². The first-order chi connectivity index (χ1) is 9.97. The van der Waals surface area contributed by atoms with Gasteiger partial charge in [0.15, 0.2) is 0 Å². The van der Waals surface area contributed by atoms with Crippen LogP contribution in [0.4, 0.5) is 5.69 Å². The fourth-order valence-electron chi connectivity index (χ4n) is 1.76. The molecule has 0 heterocycles. The van der Waals surface area contributed by atoms with Crippen molar-refractivity contribution >= 4 is 17.6 Å². The first-order valence-electron chi connectivity index (χ1n) is 6.11. The van der Waals surface area contributed by atoms with E-state index in [1.807, 2.05) is 0 Å². The quantitative estimate of drug-likeness (QED) is 0.723. The molecule has 0 saturated heterocycles. The number of carboxylic acids is 1. The maximum atomic E-state index is 10.9. The van der Waals surface area contributed by atoms with Crippen LogP contribution in [-0.4, -0.2) is 17.0 Å². The largest absolute Gasteiger partial charge is 0.489 e. The molecule has 5 N–H and O–H groups in total. The third kappa shape index (κ3) is 3.50. The van der Waals surface area contributed by atoms with Crippen LogP contribution in [0.15, 0.2) is 42.5 Å². The van der Waals surface area contributed by atoms with Crippen LogP contribution in [0, 0.1) is 0 Å². The van der Waals surface area contributed by atoms with Crippen LogP contribution < -0.4 is 16.2 Å². The number of amides is 1. The van der Waals surface area contributed by atoms with Crippen molar-refractivity contribution < 1.29 is 19.4 Å². The second-order valence-corrected chi connectivity index (χ2v) is 4.40. The number of nitrogens with two attached hydrogens (primary N) is 2. The van der Waals surface area contributed by atoms with Crippen molar-refractivity contribution in [2.45, 2.75) is 6.61 Å². The number of anilines is 1. The highest BCUT2D eigenvalue weighted by molar-refractivity contribution is 5.94. The predicted molar refractivity (Wildman–Crippen MR) is 77.1 cm³/mol. The van der Waals surface area contributed by atoms with Gasteiger partial charge in [-0.15, -0.1) is 0 Å². The monoisotopic (exact) mass is 286 g/mol. The van der Waals surface area contributed by atoms with E-state index in [4.69, 9.17) is 21.3 Å². The van der Waals surface area contributed by atoms with Crippen LogP contribution in [0.2, 0.25) is 0 Å². The van der Waals surface area contributed by atoms with Gasteiger partial charge < -0.3 is 21.3 Å². The zero-order chi connectivity index (χ0) is 15.4. The molecule has 2 rings (SSSR count). The summed E-state index contributed by atoms with van der Waals surface area (Å²) in [6.45, 7) is 0.269. The Bertz CT molecular complexity index is 681. The number of rotatable bonds is 5. The van der Waals surface area contributed by atoms with Crippen molar-refractivity contribution in [1.29, 1.82) is 0 Å². The molecule has 1 amide bonds. The third-order valence-electron chi connectivity index (χ3n) is 2.90. The summed E-state index contributed by atoms with van der Waals surface area (Å²) < 4.78 is 5.52. The number of nitrogen functional groups attached to an aromatic ring is 1. The number of primary amides is 1. The van der Waals surface area contributed by atoms with Gasteiger partial charge in [-0.2, -0.15) is 0 Å². The van der Waals surface area contributed by atoms with Crippen LogP contribution in [0.3, 0.4) is 0 Å². The molecule has 0 saturated carbocycles. The molecule has 0 aliphatic rings. The minimum absolute atomic E-state index is 0.0353. The van der Waals surface area contributed by atoms with Gasteiger partial charge in [-0.05, 0) is 29.8 Å². The summed E-state index contributed by atoms with van der Waals surface area (Å²) in [5.74, 6) is -1.10. The van der Waals surface area contributed by atoms with E-state index in [0.29, 0.717) is 11.3 Å². The number of hydrogen-bond acceptors (Lipinski definition) is 4. The standard InChI is InChI=1S/C15H14N2O4/c16-13-7-11(5-6-12(13)15(19)20)21-8-9-1-3-10(4-2-9)14(17)18/h1-7H,8,16H2,(H2,17,18)(H,19,20). The van der Waals surface area contributed by atoms with E-state index in [0.717, 1.165) is 5.56 Å². The lowest BCUT2D eigenvalue weighted by Crippen LogP contribution is -2.10. The lowest BCUT2D eigenvalue weighted by molar-refractivity contribution is 0.0697. The smallest absolute Gasteiger partial charge is 0.337 e. The van der Waals surface area contributed by atoms with E-state index in [9.17, 15) is 9.59 Å². The molecule has 0 spiro atoms. The zero-order valence-electron chi connectivity index (χ0n) is 11.1. The van der Waals surface area contributed by atoms with E-state index in [1.54, 1.807) is 24.3 Å². The summed E-state index contributed by atoms with van der Waals surface area (Å²) in [5.41, 5.74) is 12.2. The number of hydrogen-bond donors (Lipinski definition) is 3. The fraction of sp³-hybridized carbons (Fsp3) is 0.0667. The summed E-state index contributed by atoms with van der Waals surface area (Å²) >= 11 is 0. The molecule has 2 aromatic carbocycles. The maximum Gasteiger partial charge on any atom is 0.337 e. The molecule has 0 atom stereocenters. The Balaban J connectivity index is 2.04. The molecule has 0 radical (unpaired) electrons. The lowest BCUT2D eigenvalue weighted by atomic mass is 10.1. The van der Waals surface area contributed by atoms with Crippen molar-refractivity contribution in [2.24, 2.45) is 5.73 Å². The number of ether oxygens (including phenoxy) is 1. The first-order valence-corrected chi connectivity index (χ1v) is 6.11. The number of carboxylic acid groups (broad SMARTS) is 1. The van der Waals surface area contributed by atoms with E-state index in [2.05, 4.69) is 0 Å². The molecule has 108 valence electrons. The van der Waals surface area contributed by atoms with E-state index in [-0.39, 0.29) is 17.9 Å².